The van der Waals surface area contributed by atoms with Gasteiger partial charge in [-0.2, -0.15) is 0 Å². The lowest BCUT2D eigenvalue weighted by atomic mass is 10.1. The Morgan fingerprint density at radius 1 is 0.757 bits per heavy atom. The first kappa shape index (κ1) is 24.8. The monoisotopic (exact) mass is 497 g/mol. The van der Waals surface area contributed by atoms with Crippen molar-refractivity contribution in [2.45, 2.75) is 58.3 Å². The lowest BCUT2D eigenvalue weighted by Gasteiger charge is -2.13. The van der Waals surface area contributed by atoms with Crippen molar-refractivity contribution in [3.8, 4) is 0 Å². The van der Waals surface area contributed by atoms with Crippen LogP contribution in [0.2, 0.25) is 0 Å². The van der Waals surface area contributed by atoms with Crippen LogP contribution >= 0.6 is 0 Å². The molecule has 0 saturated carbocycles. The summed E-state index contributed by atoms with van der Waals surface area (Å²) in [6.07, 6.45) is 9.30. The molecule has 1 aliphatic heterocycles. The van der Waals surface area contributed by atoms with Gasteiger partial charge in [0.15, 0.2) is 0 Å². The molecule has 0 saturated heterocycles. The van der Waals surface area contributed by atoms with Gasteiger partial charge in [-0.3, -0.25) is 9.59 Å². The number of amides is 2. The van der Waals surface area contributed by atoms with Gasteiger partial charge in [0.1, 0.15) is 11.2 Å². The normalized spacial score (nSPS) is 13.1. The Balaban J connectivity index is 1.23. The van der Waals surface area contributed by atoms with Gasteiger partial charge in [-0.15, -0.1) is 0 Å². The summed E-state index contributed by atoms with van der Waals surface area (Å²) < 4.78 is 11.3. The second kappa shape index (κ2) is 11.0. The van der Waals surface area contributed by atoms with Crippen LogP contribution in [0.25, 0.3) is 21.9 Å². The number of esters is 1. The van der Waals surface area contributed by atoms with E-state index in [1.165, 1.54) is 44.2 Å². The first-order chi connectivity index (χ1) is 18.1. The highest BCUT2D eigenvalue weighted by Crippen LogP contribution is 2.34. The van der Waals surface area contributed by atoms with Crippen LogP contribution in [0.3, 0.4) is 0 Å². The summed E-state index contributed by atoms with van der Waals surface area (Å²) in [7, 11) is 0. The average molecular weight is 498 g/mol. The van der Waals surface area contributed by atoms with Gasteiger partial charge in [0.05, 0.1) is 29.0 Å². The van der Waals surface area contributed by atoms with Crippen molar-refractivity contribution in [3.05, 3.63) is 77.4 Å². The molecule has 6 heteroatoms. The van der Waals surface area contributed by atoms with Crippen LogP contribution in [-0.2, 0) is 4.74 Å². The summed E-state index contributed by atoms with van der Waals surface area (Å²) in [4.78, 5) is 40.1. The molecule has 0 aliphatic carbocycles. The van der Waals surface area contributed by atoms with E-state index in [0.717, 1.165) is 40.5 Å². The number of fused-ring (bicyclic) bond motifs is 4. The van der Waals surface area contributed by atoms with Gasteiger partial charge in [-0.1, -0.05) is 70.1 Å². The third-order valence-corrected chi connectivity index (χ3v) is 6.97. The van der Waals surface area contributed by atoms with Crippen molar-refractivity contribution < 1.29 is 23.5 Å². The van der Waals surface area contributed by atoms with Gasteiger partial charge in [0, 0.05) is 16.8 Å². The van der Waals surface area contributed by atoms with Crippen LogP contribution in [-0.4, -0.2) is 24.4 Å². The predicted octanol–water partition coefficient (Wildman–Crippen LogP) is 7.68. The Labute approximate surface area is 216 Å². The zero-order chi connectivity index (χ0) is 25.8. The molecule has 0 radical (unpaired) electrons. The molecule has 0 bridgehead atoms. The van der Waals surface area contributed by atoms with Gasteiger partial charge >= 0.3 is 5.97 Å². The van der Waals surface area contributed by atoms with Crippen LogP contribution in [0.5, 0.6) is 0 Å². The van der Waals surface area contributed by atoms with Crippen molar-refractivity contribution in [2.75, 3.05) is 11.5 Å². The molecule has 0 spiro atoms. The summed E-state index contributed by atoms with van der Waals surface area (Å²) >= 11 is 0. The number of carbonyl (C=O) groups is 3. The number of hydrogen-bond donors (Lipinski definition) is 0. The molecule has 6 nitrogen and oxygen atoms in total. The zero-order valence-electron chi connectivity index (χ0n) is 21.1. The molecule has 0 N–H and O–H groups in total. The molecule has 1 aromatic heterocycles. The highest BCUT2D eigenvalue weighted by atomic mass is 16.5. The van der Waals surface area contributed by atoms with Crippen molar-refractivity contribution in [1.29, 1.82) is 0 Å². The molecule has 1 aliphatic rings. The summed E-state index contributed by atoms with van der Waals surface area (Å²) in [6.45, 7) is 2.56. The Morgan fingerprint density at radius 2 is 1.46 bits per heavy atom. The number of carbonyl (C=O) groups excluding carboxylic acids is 3. The Bertz CT molecular complexity index is 1470. The Kier molecular flexibility index (Phi) is 7.35. The van der Waals surface area contributed by atoms with E-state index in [4.69, 9.17) is 9.15 Å². The molecule has 2 amide bonds. The third-order valence-electron chi connectivity index (χ3n) is 6.97. The number of unbranched alkanes of at least 4 members (excludes halogenated alkanes) is 7. The smallest absolute Gasteiger partial charge is 0.338 e. The van der Waals surface area contributed by atoms with E-state index in [0.29, 0.717) is 17.9 Å². The van der Waals surface area contributed by atoms with E-state index in [-0.39, 0.29) is 16.7 Å². The van der Waals surface area contributed by atoms with Crippen LogP contribution in [0, 0.1) is 0 Å². The summed E-state index contributed by atoms with van der Waals surface area (Å²) in [5, 5.41) is 1.89. The molecule has 0 atom stereocenters. The number of nitrogens with zero attached hydrogens (tertiary/aromatic N) is 1. The van der Waals surface area contributed by atoms with E-state index in [1.807, 2.05) is 30.3 Å². The van der Waals surface area contributed by atoms with Gasteiger partial charge in [-0.05, 0) is 42.8 Å². The zero-order valence-corrected chi connectivity index (χ0v) is 21.1. The maximum Gasteiger partial charge on any atom is 0.338 e. The fourth-order valence-corrected chi connectivity index (χ4v) is 4.94. The lowest BCUT2D eigenvalue weighted by molar-refractivity contribution is 0.0497. The molecule has 4 aromatic rings. The Hall–Kier alpha value is -3.93. The number of imide groups is 1. The summed E-state index contributed by atoms with van der Waals surface area (Å²) in [6, 6.07) is 17.5. The molecule has 0 fully saturated rings. The molecular formula is C31H31NO5. The number of para-hydroxylation sites is 1. The summed E-state index contributed by atoms with van der Waals surface area (Å²) in [5.74, 6) is -1.37. The van der Waals surface area contributed by atoms with Gasteiger partial charge < -0.3 is 9.15 Å². The highest BCUT2D eigenvalue weighted by Gasteiger charge is 2.37. The van der Waals surface area contributed by atoms with Gasteiger partial charge in [0.25, 0.3) is 11.8 Å². The maximum absolute atomic E-state index is 13.2. The third kappa shape index (κ3) is 5.01. The number of rotatable bonds is 11. The SMILES string of the molecule is CCCCCCCCCCOC(=O)c1ccc2c(c1)C(=O)N(c1ccc3c(c1)oc1ccccc13)C2=O. The number of ether oxygens (including phenoxy) is 1. The largest absolute Gasteiger partial charge is 0.462 e. The van der Waals surface area contributed by atoms with E-state index in [2.05, 4.69) is 6.92 Å². The topological polar surface area (TPSA) is 76.8 Å². The fraction of sp³-hybridized carbons (Fsp3) is 0.323. The highest BCUT2D eigenvalue weighted by molar-refractivity contribution is 6.35. The van der Waals surface area contributed by atoms with Crippen molar-refractivity contribution in [1.82, 2.24) is 0 Å². The molecule has 0 unspecified atom stereocenters. The minimum atomic E-state index is -0.479. The van der Waals surface area contributed by atoms with Crippen LogP contribution in [0.1, 0.15) is 89.4 Å². The minimum absolute atomic E-state index is 0.205. The van der Waals surface area contributed by atoms with Crippen molar-refractivity contribution >= 4 is 45.4 Å². The molecule has 37 heavy (non-hydrogen) atoms. The van der Waals surface area contributed by atoms with Gasteiger partial charge in [0.2, 0.25) is 0 Å². The number of anilines is 1. The quantitative estimate of drug-likeness (QED) is 0.121. The second-order valence-electron chi connectivity index (χ2n) is 9.60. The number of furan rings is 1. The molecule has 3 aromatic carbocycles. The minimum Gasteiger partial charge on any atom is -0.462 e. The lowest BCUT2D eigenvalue weighted by Crippen LogP contribution is -2.29. The first-order valence-corrected chi connectivity index (χ1v) is 13.2. The van der Waals surface area contributed by atoms with E-state index in [1.54, 1.807) is 18.2 Å². The fourth-order valence-electron chi connectivity index (χ4n) is 4.94. The number of hydrogen-bond acceptors (Lipinski definition) is 5. The average Bonchev–Trinajstić information content (AvgIpc) is 3.41. The van der Waals surface area contributed by atoms with Crippen LogP contribution < -0.4 is 4.90 Å². The van der Waals surface area contributed by atoms with E-state index >= 15 is 0 Å². The van der Waals surface area contributed by atoms with Crippen molar-refractivity contribution in [3.63, 3.8) is 0 Å². The molecule has 2 heterocycles. The van der Waals surface area contributed by atoms with E-state index in [9.17, 15) is 14.4 Å². The number of benzene rings is 3. The second-order valence-corrected chi connectivity index (χ2v) is 9.60. The van der Waals surface area contributed by atoms with Crippen LogP contribution in [0.15, 0.2) is 65.1 Å². The molecular weight excluding hydrogens is 466 g/mol. The summed E-state index contributed by atoms with van der Waals surface area (Å²) in [5.41, 5.74) is 2.52. The molecule has 190 valence electrons. The first-order valence-electron chi connectivity index (χ1n) is 13.2. The van der Waals surface area contributed by atoms with E-state index < -0.39 is 17.8 Å². The molecule has 5 rings (SSSR count). The maximum atomic E-state index is 13.2. The van der Waals surface area contributed by atoms with Gasteiger partial charge in [-0.25, -0.2) is 9.69 Å². The van der Waals surface area contributed by atoms with Crippen molar-refractivity contribution in [2.24, 2.45) is 0 Å². The standard InChI is InChI=1S/C31H31NO5/c1-2-3-4-5-6-7-8-11-18-36-31(35)21-14-16-25-26(19-21)30(34)32(29(25)33)22-15-17-24-23-12-9-10-13-27(23)37-28(24)20-22/h9-10,12-17,19-20H,2-8,11,18H2,1H3. The predicted molar refractivity (Wildman–Crippen MR) is 144 cm³/mol. The Morgan fingerprint density at radius 3 is 2.27 bits per heavy atom. The van der Waals surface area contributed by atoms with Crippen LogP contribution in [0.4, 0.5) is 5.69 Å².